The van der Waals surface area contributed by atoms with Gasteiger partial charge in [-0.05, 0) is 63.1 Å². The average Bonchev–Trinajstić information content (AvgIpc) is 2.84. The highest BCUT2D eigenvalue weighted by atomic mass is 32.2. The lowest BCUT2D eigenvalue weighted by Crippen LogP contribution is -2.34. The molecule has 5 heteroatoms. The average molecular weight is 545 g/mol. The second-order valence-corrected chi connectivity index (χ2v) is 13.7. The number of pyridine rings is 1. The van der Waals surface area contributed by atoms with Crippen molar-refractivity contribution in [2.75, 3.05) is 0 Å². The Morgan fingerprint density at radius 1 is 0.795 bits per heavy atom. The van der Waals surface area contributed by atoms with Gasteiger partial charge in [0.15, 0.2) is 6.20 Å². The number of alkyl halides is 3. The molecule has 5 aromatic rings. The van der Waals surface area contributed by atoms with E-state index in [1.54, 1.807) is 11.8 Å². The fourth-order valence-corrected chi connectivity index (χ4v) is 7.85. The summed E-state index contributed by atoms with van der Waals surface area (Å²) < 4.78 is 43.9. The van der Waals surface area contributed by atoms with Crippen LogP contribution < -0.4 is 4.57 Å². The Balaban J connectivity index is 1.74. The molecule has 39 heavy (non-hydrogen) atoms. The van der Waals surface area contributed by atoms with Gasteiger partial charge in [-0.3, -0.25) is 0 Å². The van der Waals surface area contributed by atoms with E-state index < -0.39 is 11.6 Å². The van der Waals surface area contributed by atoms with E-state index in [1.165, 1.54) is 57.3 Å². The number of halogens is 3. The number of fused-ring (bicyclic) bond motifs is 5. The molecule has 6 rings (SSSR count). The van der Waals surface area contributed by atoms with Gasteiger partial charge in [-0.1, -0.05) is 88.8 Å². The third kappa shape index (κ3) is 3.88. The van der Waals surface area contributed by atoms with Crippen molar-refractivity contribution in [2.45, 2.75) is 69.3 Å². The van der Waals surface area contributed by atoms with Gasteiger partial charge in [0.1, 0.15) is 7.05 Å². The molecule has 0 unspecified atom stereocenters. The quantitative estimate of drug-likeness (QED) is 0.155. The van der Waals surface area contributed by atoms with Crippen LogP contribution in [0, 0.1) is 12.3 Å². The van der Waals surface area contributed by atoms with Crippen LogP contribution >= 0.6 is 11.8 Å². The zero-order valence-corrected chi connectivity index (χ0v) is 24.3. The van der Waals surface area contributed by atoms with Crippen LogP contribution in [-0.4, -0.2) is 6.18 Å². The van der Waals surface area contributed by atoms with E-state index >= 15 is 0 Å². The highest BCUT2D eigenvalue weighted by molar-refractivity contribution is 8.00. The first-order valence-electron chi connectivity index (χ1n) is 13.4. The Bertz CT molecular complexity index is 1820. The number of nitrogens with zero attached hydrogens (tertiary/aromatic N) is 1. The molecule has 0 N–H and O–H groups in total. The number of aryl methyl sites for hydroxylation is 2. The Hall–Kier alpha value is -3.05. The summed E-state index contributed by atoms with van der Waals surface area (Å²) in [6, 6.07) is 18.7. The molecule has 0 amide bonds. The van der Waals surface area contributed by atoms with Crippen LogP contribution in [0.1, 0.15) is 51.3 Å². The third-order valence-corrected chi connectivity index (χ3v) is 9.51. The highest BCUT2D eigenvalue weighted by Crippen LogP contribution is 2.55. The van der Waals surface area contributed by atoms with Gasteiger partial charge in [0.05, 0.1) is 16.4 Å². The maximum atomic E-state index is 13.9. The summed E-state index contributed by atoms with van der Waals surface area (Å²) in [7, 11) is 2.09. The fourth-order valence-electron chi connectivity index (χ4n) is 6.28. The van der Waals surface area contributed by atoms with E-state index in [0.717, 1.165) is 26.6 Å². The molecular weight excluding hydrogens is 511 g/mol. The van der Waals surface area contributed by atoms with Gasteiger partial charge in [0.2, 0.25) is 5.69 Å². The summed E-state index contributed by atoms with van der Waals surface area (Å²) in [5.74, 6) is 0. The van der Waals surface area contributed by atoms with Crippen LogP contribution in [0.3, 0.4) is 0 Å². The molecule has 0 spiro atoms. The molecule has 1 nitrogen and oxygen atoms in total. The monoisotopic (exact) mass is 544 g/mol. The standard InChI is InChI=1S/C34H33F3NS/c1-19-21-12-8-9-13-24(21)29(32(2,3)4)31-27(19)30-28-23(15-16-38(30)7)22-14-10-11-20(25(22)17-26(28)39-31)18-33(5,6)34(35,36)37/h8-17H,18H2,1-7H3/q+1. The zero-order valence-electron chi connectivity index (χ0n) is 23.5. The summed E-state index contributed by atoms with van der Waals surface area (Å²) in [5.41, 5.74) is 3.82. The maximum Gasteiger partial charge on any atom is 0.394 e. The molecule has 0 saturated heterocycles. The fraction of sp³-hybridized carbons (Fsp3) is 0.324. The van der Waals surface area contributed by atoms with Crippen molar-refractivity contribution in [1.82, 2.24) is 0 Å². The van der Waals surface area contributed by atoms with Crippen molar-refractivity contribution in [3.63, 3.8) is 0 Å². The lowest BCUT2D eigenvalue weighted by molar-refractivity contribution is -0.659. The molecule has 0 radical (unpaired) electrons. The number of rotatable bonds is 2. The van der Waals surface area contributed by atoms with Gasteiger partial charge in [-0.2, -0.15) is 13.2 Å². The first-order valence-corrected chi connectivity index (χ1v) is 14.2. The first-order chi connectivity index (χ1) is 18.2. The second kappa shape index (κ2) is 8.47. The molecule has 200 valence electrons. The van der Waals surface area contributed by atoms with E-state index in [9.17, 15) is 13.2 Å². The van der Waals surface area contributed by atoms with Crippen LogP contribution in [0.4, 0.5) is 13.2 Å². The lowest BCUT2D eigenvalue weighted by Gasteiger charge is -2.31. The Labute approximate surface area is 232 Å². The molecule has 1 aliphatic heterocycles. The molecule has 1 aliphatic rings. The number of benzene rings is 4. The van der Waals surface area contributed by atoms with Crippen LogP contribution in [-0.2, 0) is 18.9 Å². The van der Waals surface area contributed by atoms with Gasteiger partial charge in [0, 0.05) is 21.2 Å². The van der Waals surface area contributed by atoms with E-state index in [-0.39, 0.29) is 11.8 Å². The minimum atomic E-state index is -4.28. The van der Waals surface area contributed by atoms with Crippen LogP contribution in [0.2, 0.25) is 0 Å². The largest absolute Gasteiger partial charge is 0.394 e. The minimum Gasteiger partial charge on any atom is -0.200 e. The predicted octanol–water partition coefficient (Wildman–Crippen LogP) is 9.84. The van der Waals surface area contributed by atoms with E-state index in [2.05, 4.69) is 88.0 Å². The minimum absolute atomic E-state index is 0.0650. The molecule has 0 atom stereocenters. The SMILES string of the molecule is Cc1c2c(c(C(C)(C)C)c3ccccc13)Sc1cc3c(CC(C)(C)C(F)(F)F)cccc3c3cc[n+](C)c-2c13. The highest BCUT2D eigenvalue weighted by Gasteiger charge is 2.47. The number of hydrogen-bond donors (Lipinski definition) is 0. The lowest BCUT2D eigenvalue weighted by atomic mass is 9.79. The summed E-state index contributed by atoms with van der Waals surface area (Å²) in [4.78, 5) is 2.36. The van der Waals surface area contributed by atoms with Crippen molar-refractivity contribution in [3.05, 3.63) is 77.5 Å². The molecular formula is C34H33F3NS+. The van der Waals surface area contributed by atoms with E-state index in [1.807, 2.05) is 12.1 Å². The Kier molecular flexibility index (Phi) is 5.69. The van der Waals surface area contributed by atoms with Crippen molar-refractivity contribution in [3.8, 4) is 11.3 Å². The predicted molar refractivity (Wildman–Crippen MR) is 157 cm³/mol. The first kappa shape index (κ1) is 26.2. The zero-order chi connectivity index (χ0) is 28.1. The summed E-state index contributed by atoms with van der Waals surface area (Å²) in [6.45, 7) is 11.6. The Morgan fingerprint density at radius 2 is 1.46 bits per heavy atom. The van der Waals surface area contributed by atoms with Crippen LogP contribution in [0.25, 0.3) is 43.6 Å². The summed E-state index contributed by atoms with van der Waals surface area (Å²) in [5, 5.41) is 6.70. The van der Waals surface area contributed by atoms with Gasteiger partial charge in [-0.15, -0.1) is 0 Å². The third-order valence-electron chi connectivity index (χ3n) is 8.36. The second-order valence-electron chi connectivity index (χ2n) is 12.6. The van der Waals surface area contributed by atoms with E-state index in [0.29, 0.717) is 0 Å². The molecule has 1 aromatic heterocycles. The van der Waals surface area contributed by atoms with Gasteiger partial charge >= 0.3 is 6.18 Å². The van der Waals surface area contributed by atoms with Crippen molar-refractivity contribution in [1.29, 1.82) is 0 Å². The van der Waals surface area contributed by atoms with Crippen LogP contribution in [0.15, 0.2) is 70.6 Å². The number of hydrogen-bond acceptors (Lipinski definition) is 1. The molecule has 0 aliphatic carbocycles. The van der Waals surface area contributed by atoms with Crippen molar-refractivity contribution in [2.24, 2.45) is 12.5 Å². The molecule has 0 bridgehead atoms. The smallest absolute Gasteiger partial charge is 0.200 e. The summed E-state index contributed by atoms with van der Waals surface area (Å²) >= 11 is 1.78. The molecule has 0 fully saturated rings. The van der Waals surface area contributed by atoms with Gasteiger partial charge in [-0.25, -0.2) is 4.57 Å². The molecule has 2 heterocycles. The molecule has 0 saturated carbocycles. The number of aromatic nitrogens is 1. The summed E-state index contributed by atoms with van der Waals surface area (Å²) in [6.07, 6.45) is -2.25. The van der Waals surface area contributed by atoms with Crippen molar-refractivity contribution < 1.29 is 17.7 Å². The van der Waals surface area contributed by atoms with Crippen molar-refractivity contribution >= 4 is 44.1 Å². The van der Waals surface area contributed by atoms with Crippen LogP contribution in [0.5, 0.6) is 0 Å². The van der Waals surface area contributed by atoms with E-state index in [4.69, 9.17) is 0 Å². The van der Waals surface area contributed by atoms with Gasteiger partial charge < -0.3 is 0 Å². The Morgan fingerprint density at radius 3 is 2.13 bits per heavy atom. The maximum absolute atomic E-state index is 13.9. The molecule has 4 aromatic carbocycles. The normalized spacial score (nSPS) is 13.9. The van der Waals surface area contributed by atoms with Gasteiger partial charge in [0.25, 0.3) is 0 Å². The topological polar surface area (TPSA) is 3.88 Å².